The first-order chi connectivity index (χ1) is 23.2. The Morgan fingerprint density at radius 1 is 0.896 bits per heavy atom. The van der Waals surface area contributed by atoms with Crippen molar-refractivity contribution < 1.29 is 4.74 Å². The largest absolute Gasteiger partial charge is 0.494 e. The second-order valence-electron chi connectivity index (χ2n) is 13.0. The van der Waals surface area contributed by atoms with E-state index in [-0.39, 0.29) is 0 Å². The predicted molar refractivity (Wildman–Crippen MR) is 206 cm³/mol. The predicted octanol–water partition coefficient (Wildman–Crippen LogP) is 7.25. The van der Waals surface area contributed by atoms with Gasteiger partial charge in [0.1, 0.15) is 11.6 Å². The number of halogens is 1. The molecule has 9 nitrogen and oxygen atoms in total. The molecule has 2 aromatic carbocycles. The number of hydrogen-bond acceptors (Lipinski definition) is 9. The summed E-state index contributed by atoms with van der Waals surface area (Å²) in [6, 6.07) is 15.8. The highest BCUT2D eigenvalue weighted by molar-refractivity contribution is 9.10. The highest BCUT2D eigenvalue weighted by atomic mass is 79.9. The molecule has 0 unspecified atom stereocenters. The van der Waals surface area contributed by atoms with Crippen molar-refractivity contribution in [3.05, 3.63) is 70.6 Å². The van der Waals surface area contributed by atoms with Crippen LogP contribution in [-0.2, 0) is 6.42 Å². The van der Waals surface area contributed by atoms with Crippen LogP contribution in [0.3, 0.4) is 0 Å². The van der Waals surface area contributed by atoms with Crippen LogP contribution in [0, 0.1) is 6.92 Å². The molecule has 0 amide bonds. The van der Waals surface area contributed by atoms with E-state index in [1.165, 1.54) is 55.6 Å². The first-order valence-electron chi connectivity index (χ1n) is 16.9. The molecule has 2 saturated heterocycles. The summed E-state index contributed by atoms with van der Waals surface area (Å²) in [6.07, 6.45) is 7.05. The Kier molecular flexibility index (Phi) is 11.2. The fraction of sp³-hybridized carbons (Fsp3) is 0.432. The molecule has 2 fully saturated rings. The molecular weight excluding hydrogens is 683 g/mol. The highest BCUT2D eigenvalue weighted by Crippen LogP contribution is 2.38. The molecule has 0 saturated carbocycles. The summed E-state index contributed by atoms with van der Waals surface area (Å²) in [4.78, 5) is 21.7. The molecule has 2 aliphatic rings. The lowest BCUT2D eigenvalue weighted by Crippen LogP contribution is -2.52. The summed E-state index contributed by atoms with van der Waals surface area (Å²) >= 11 is 3.68. The number of aromatic nitrogens is 3. The second kappa shape index (κ2) is 15.5. The highest BCUT2D eigenvalue weighted by Gasteiger charge is 2.28. The molecule has 11 heteroatoms. The molecule has 2 aliphatic heterocycles. The van der Waals surface area contributed by atoms with Crippen LogP contribution in [-0.4, -0.2) is 97.5 Å². The number of aryl methyl sites for hydroxylation is 2. The van der Waals surface area contributed by atoms with Crippen LogP contribution in [0.15, 0.2) is 59.3 Å². The van der Waals surface area contributed by atoms with Crippen molar-refractivity contribution in [3.8, 4) is 16.9 Å². The molecule has 2 aromatic heterocycles. The lowest BCUT2D eigenvalue weighted by atomic mass is 9.99. The maximum absolute atomic E-state index is 5.94. The van der Waals surface area contributed by atoms with Gasteiger partial charge in [-0.3, -0.25) is 9.88 Å². The third-order valence-corrected chi connectivity index (χ3v) is 11.5. The Labute approximate surface area is 295 Å². The van der Waals surface area contributed by atoms with Crippen LogP contribution in [0.25, 0.3) is 11.1 Å². The molecule has 2 N–H and O–H groups in total. The van der Waals surface area contributed by atoms with E-state index in [0.29, 0.717) is 17.8 Å². The van der Waals surface area contributed by atoms with Crippen molar-refractivity contribution in [1.29, 1.82) is 0 Å². The topological polar surface area (TPSA) is 81.7 Å². The van der Waals surface area contributed by atoms with Crippen LogP contribution < -0.4 is 25.6 Å². The number of piperazine rings is 1. The first kappa shape index (κ1) is 34.6. The number of ether oxygens (including phenoxy) is 1. The van der Waals surface area contributed by atoms with Crippen LogP contribution in [0.1, 0.15) is 31.0 Å². The van der Waals surface area contributed by atoms with E-state index in [2.05, 4.69) is 121 Å². The molecule has 6 rings (SSSR count). The zero-order valence-corrected chi connectivity index (χ0v) is 31.5. The van der Waals surface area contributed by atoms with Gasteiger partial charge in [-0.1, -0.05) is 27.0 Å². The monoisotopic (exact) mass is 730 g/mol. The third-order valence-electron chi connectivity index (χ3n) is 9.61. The normalized spacial score (nSPS) is 16.4. The number of piperidine rings is 1. The lowest BCUT2D eigenvalue weighted by Gasteiger charge is -2.43. The van der Waals surface area contributed by atoms with Crippen molar-refractivity contribution in [2.75, 3.05) is 82.3 Å². The Balaban J connectivity index is 1.19. The van der Waals surface area contributed by atoms with Crippen molar-refractivity contribution in [2.24, 2.45) is 0 Å². The molecule has 0 radical (unpaired) electrons. The average Bonchev–Trinajstić information content (AvgIpc) is 3.10. The van der Waals surface area contributed by atoms with E-state index in [9.17, 15) is 0 Å². The molecule has 0 atom stereocenters. The zero-order chi connectivity index (χ0) is 33.8. The molecule has 48 heavy (non-hydrogen) atoms. The average molecular weight is 732 g/mol. The van der Waals surface area contributed by atoms with Crippen molar-refractivity contribution >= 4 is 58.0 Å². The summed E-state index contributed by atoms with van der Waals surface area (Å²) in [5.41, 5.74) is 7.74. The van der Waals surface area contributed by atoms with Gasteiger partial charge < -0.3 is 25.2 Å². The van der Waals surface area contributed by atoms with E-state index in [4.69, 9.17) is 9.72 Å². The minimum atomic E-state index is -0.393. The summed E-state index contributed by atoms with van der Waals surface area (Å²) in [7, 11) is 3.57. The number of nitrogens with zero attached hydrogens (tertiary/aromatic N) is 6. The van der Waals surface area contributed by atoms with Crippen LogP contribution in [0.5, 0.6) is 5.75 Å². The summed E-state index contributed by atoms with van der Waals surface area (Å²) < 4.78 is 6.73. The SMILES string of the molecule is CCc1cc(Nc2ncc(Br)c(Nc3ccc(-c4ccc(C)nc4)cc3P(C)C)n2)c(OC)cc1N1CCC(N2CCN(C)CC2)CC1. The Morgan fingerprint density at radius 2 is 1.65 bits per heavy atom. The van der Waals surface area contributed by atoms with Crippen molar-refractivity contribution in [3.63, 3.8) is 0 Å². The van der Waals surface area contributed by atoms with Crippen LogP contribution in [0.2, 0.25) is 0 Å². The third kappa shape index (κ3) is 7.94. The van der Waals surface area contributed by atoms with E-state index >= 15 is 0 Å². The Morgan fingerprint density at radius 3 is 2.31 bits per heavy atom. The quantitative estimate of drug-likeness (QED) is 0.164. The number of nitrogens with one attached hydrogen (secondary N) is 2. The molecule has 0 spiro atoms. The first-order valence-corrected chi connectivity index (χ1v) is 19.9. The molecule has 254 valence electrons. The number of hydrogen-bond donors (Lipinski definition) is 2. The van der Waals surface area contributed by atoms with E-state index in [1.54, 1.807) is 13.3 Å². The number of likely N-dealkylation sites (N-methyl/N-ethyl adjacent to an activating group) is 1. The van der Waals surface area contributed by atoms with E-state index in [0.717, 1.165) is 57.9 Å². The number of benzene rings is 2. The Hall–Kier alpha value is -3.30. The fourth-order valence-electron chi connectivity index (χ4n) is 6.71. The summed E-state index contributed by atoms with van der Waals surface area (Å²) in [5, 5.41) is 8.32. The number of anilines is 5. The summed E-state index contributed by atoms with van der Waals surface area (Å²) in [5.74, 6) is 1.99. The van der Waals surface area contributed by atoms with Gasteiger partial charge in [-0.05, 0) is 103 Å². The molecular formula is C37H48BrN8OP. The molecule has 0 aliphatic carbocycles. The van der Waals surface area contributed by atoms with Gasteiger partial charge in [0, 0.05) is 86.4 Å². The molecule has 0 bridgehead atoms. The van der Waals surface area contributed by atoms with Gasteiger partial charge in [-0.15, -0.1) is 0 Å². The van der Waals surface area contributed by atoms with Gasteiger partial charge in [0.25, 0.3) is 0 Å². The van der Waals surface area contributed by atoms with Crippen molar-refractivity contribution in [2.45, 2.75) is 39.2 Å². The zero-order valence-electron chi connectivity index (χ0n) is 29.1. The smallest absolute Gasteiger partial charge is 0.229 e. The van der Waals surface area contributed by atoms with Crippen LogP contribution in [0.4, 0.5) is 28.8 Å². The standard InChI is InChI=1S/C37H48BrN8OP/c1-7-26-20-32(34(47-4)22-33(26)46-14-12-29(13-15-46)45-18-16-44(3)17-19-45)42-37-40-24-30(38)36(43-37)41-31-11-10-27(21-35(31)48(5)6)28-9-8-25(2)39-23-28/h8-11,20-24,29H,7,12-19H2,1-6H3,(H2,40,41,42,43). The van der Waals surface area contributed by atoms with Crippen LogP contribution >= 0.6 is 23.9 Å². The van der Waals surface area contributed by atoms with Crippen molar-refractivity contribution in [1.82, 2.24) is 24.8 Å². The van der Waals surface area contributed by atoms with Gasteiger partial charge in [-0.25, -0.2) is 4.98 Å². The van der Waals surface area contributed by atoms with Gasteiger partial charge >= 0.3 is 0 Å². The van der Waals surface area contributed by atoms with Gasteiger partial charge in [0.2, 0.25) is 5.95 Å². The maximum atomic E-state index is 5.94. The van der Waals surface area contributed by atoms with Gasteiger partial charge in [-0.2, -0.15) is 4.98 Å². The van der Waals surface area contributed by atoms with Gasteiger partial charge in [0.05, 0.1) is 17.3 Å². The second-order valence-corrected chi connectivity index (χ2v) is 16.2. The van der Waals surface area contributed by atoms with E-state index < -0.39 is 7.92 Å². The number of pyridine rings is 1. The minimum absolute atomic E-state index is 0.393. The Bertz CT molecular complexity index is 1700. The fourth-order valence-corrected chi connectivity index (χ4v) is 8.01. The minimum Gasteiger partial charge on any atom is -0.494 e. The number of rotatable bonds is 10. The summed E-state index contributed by atoms with van der Waals surface area (Å²) in [6.45, 7) is 15.6. The molecule has 4 aromatic rings. The van der Waals surface area contributed by atoms with E-state index in [1.807, 2.05) is 13.1 Å². The maximum Gasteiger partial charge on any atom is 0.229 e. The number of methoxy groups -OCH3 is 1. The van der Waals surface area contributed by atoms with Gasteiger partial charge in [0.15, 0.2) is 0 Å². The lowest BCUT2D eigenvalue weighted by molar-refractivity contribution is 0.0982. The molecule has 4 heterocycles.